The Morgan fingerprint density at radius 1 is 1.15 bits per heavy atom. The molecule has 20 heavy (non-hydrogen) atoms. The van der Waals surface area contributed by atoms with E-state index < -0.39 is 0 Å². The average molecular weight is 274 g/mol. The summed E-state index contributed by atoms with van der Waals surface area (Å²) in [5.41, 5.74) is 2.63. The van der Waals surface area contributed by atoms with Gasteiger partial charge in [-0.25, -0.2) is 0 Å². The molecule has 1 atom stereocenters. The number of benzene rings is 1. The van der Waals surface area contributed by atoms with E-state index in [0.29, 0.717) is 6.04 Å². The van der Waals surface area contributed by atoms with Crippen LogP contribution in [0.3, 0.4) is 0 Å². The molecule has 0 spiro atoms. The van der Waals surface area contributed by atoms with Crippen LogP contribution >= 0.6 is 0 Å². The maximum absolute atomic E-state index is 6.16. The van der Waals surface area contributed by atoms with Crippen molar-refractivity contribution in [2.24, 2.45) is 0 Å². The van der Waals surface area contributed by atoms with Crippen molar-refractivity contribution >= 4 is 5.69 Å². The van der Waals surface area contributed by atoms with Crippen molar-refractivity contribution in [3.05, 3.63) is 29.8 Å². The number of ether oxygens (including phenoxy) is 1. The second-order valence-corrected chi connectivity index (χ2v) is 7.49. The van der Waals surface area contributed by atoms with Crippen molar-refractivity contribution < 1.29 is 4.74 Å². The summed E-state index contributed by atoms with van der Waals surface area (Å²) in [5, 5.41) is 3.65. The van der Waals surface area contributed by atoms with Gasteiger partial charge in [0.15, 0.2) is 0 Å². The Hall–Kier alpha value is -1.06. The second kappa shape index (κ2) is 4.74. The van der Waals surface area contributed by atoms with Gasteiger partial charge in [-0.1, -0.05) is 18.2 Å². The van der Waals surface area contributed by atoms with E-state index in [1.165, 1.54) is 11.3 Å². The van der Waals surface area contributed by atoms with Crippen LogP contribution < -0.4 is 5.32 Å². The van der Waals surface area contributed by atoms with Gasteiger partial charge >= 0.3 is 0 Å². The molecule has 1 fully saturated rings. The number of para-hydroxylation sites is 1. The minimum absolute atomic E-state index is 0.0623. The van der Waals surface area contributed by atoms with Crippen LogP contribution in [0.4, 0.5) is 5.69 Å². The van der Waals surface area contributed by atoms with Gasteiger partial charge in [-0.15, -0.1) is 0 Å². The average Bonchev–Trinajstić information content (AvgIpc) is 2.66. The molecule has 0 radical (unpaired) electrons. The van der Waals surface area contributed by atoms with E-state index in [1.54, 1.807) is 0 Å². The summed E-state index contributed by atoms with van der Waals surface area (Å²) in [4.78, 5) is 2.55. The molecule has 0 amide bonds. The summed E-state index contributed by atoms with van der Waals surface area (Å²) in [6.07, 6.45) is 1.13. The molecule has 0 aliphatic carbocycles. The van der Waals surface area contributed by atoms with Gasteiger partial charge in [0.25, 0.3) is 0 Å². The minimum atomic E-state index is -0.0623. The van der Waals surface area contributed by atoms with Crippen molar-refractivity contribution in [3.8, 4) is 0 Å². The number of fused-ring (bicyclic) bond motifs is 1. The van der Waals surface area contributed by atoms with Crippen LogP contribution in [-0.4, -0.2) is 41.8 Å². The van der Waals surface area contributed by atoms with E-state index in [1.807, 2.05) is 0 Å². The fourth-order valence-electron chi connectivity index (χ4n) is 3.87. The lowest BCUT2D eigenvalue weighted by atomic mass is 9.98. The van der Waals surface area contributed by atoms with Crippen molar-refractivity contribution in [2.75, 3.05) is 25.0 Å². The first-order chi connectivity index (χ1) is 9.33. The molecule has 0 bridgehead atoms. The van der Waals surface area contributed by atoms with E-state index in [9.17, 15) is 0 Å². The molecule has 3 rings (SSSR count). The summed E-state index contributed by atoms with van der Waals surface area (Å²) in [5.74, 6) is 0. The molecule has 1 N–H and O–H groups in total. The lowest BCUT2D eigenvalue weighted by molar-refractivity contribution is -0.180. The maximum atomic E-state index is 6.16. The summed E-state index contributed by atoms with van der Waals surface area (Å²) in [6, 6.07) is 9.17. The number of anilines is 1. The van der Waals surface area contributed by atoms with Crippen LogP contribution in [0.1, 0.15) is 33.3 Å². The molecular weight excluding hydrogens is 248 g/mol. The van der Waals surface area contributed by atoms with Crippen LogP contribution in [-0.2, 0) is 11.2 Å². The van der Waals surface area contributed by atoms with Gasteiger partial charge in [-0.3, -0.25) is 4.90 Å². The van der Waals surface area contributed by atoms with Gasteiger partial charge in [0.05, 0.1) is 11.2 Å². The number of morpholine rings is 1. The number of hydrogen-bond donors (Lipinski definition) is 1. The molecule has 110 valence electrons. The standard InChI is InChI=1S/C17H26N2O/c1-16(2)11-19(12-17(3,4)20-16)10-14-9-13-7-5-6-8-15(13)18-14/h5-8,14,18H,9-12H2,1-4H3. The smallest absolute Gasteiger partial charge is 0.0760 e. The number of hydrogen-bond acceptors (Lipinski definition) is 3. The molecule has 2 aliphatic rings. The van der Waals surface area contributed by atoms with E-state index in [2.05, 4.69) is 62.2 Å². The first-order valence-corrected chi connectivity index (χ1v) is 7.60. The van der Waals surface area contributed by atoms with E-state index in [-0.39, 0.29) is 11.2 Å². The zero-order chi connectivity index (χ0) is 14.4. The molecule has 2 heterocycles. The molecule has 1 unspecified atom stereocenters. The normalized spacial score (nSPS) is 27.9. The predicted octanol–water partition coefficient (Wildman–Crippen LogP) is 2.91. The Labute approximate surface area is 122 Å². The van der Waals surface area contributed by atoms with Crippen LogP contribution in [0, 0.1) is 0 Å². The Kier molecular flexibility index (Phi) is 3.30. The van der Waals surface area contributed by atoms with Gasteiger partial charge in [0.1, 0.15) is 0 Å². The van der Waals surface area contributed by atoms with Crippen LogP contribution in [0.2, 0.25) is 0 Å². The third-order valence-corrected chi connectivity index (χ3v) is 4.08. The number of rotatable bonds is 2. The van der Waals surface area contributed by atoms with Crippen molar-refractivity contribution in [1.82, 2.24) is 4.90 Å². The van der Waals surface area contributed by atoms with Crippen LogP contribution in [0.5, 0.6) is 0 Å². The molecule has 3 heteroatoms. The van der Waals surface area contributed by atoms with E-state index in [0.717, 1.165) is 26.1 Å². The summed E-state index contributed by atoms with van der Waals surface area (Å²) < 4.78 is 6.16. The summed E-state index contributed by atoms with van der Waals surface area (Å²) in [6.45, 7) is 11.9. The van der Waals surface area contributed by atoms with Crippen LogP contribution in [0.25, 0.3) is 0 Å². The molecule has 1 aromatic carbocycles. The minimum Gasteiger partial charge on any atom is -0.380 e. The SMILES string of the molecule is CC1(C)CN(CC2Cc3ccccc3N2)CC(C)(C)O1. The third-order valence-electron chi connectivity index (χ3n) is 4.08. The highest BCUT2D eigenvalue weighted by molar-refractivity contribution is 5.56. The fourth-order valence-corrected chi connectivity index (χ4v) is 3.87. The van der Waals surface area contributed by atoms with Crippen molar-refractivity contribution in [1.29, 1.82) is 0 Å². The maximum Gasteiger partial charge on any atom is 0.0760 e. The Bertz CT molecular complexity index is 455. The van der Waals surface area contributed by atoms with E-state index >= 15 is 0 Å². The first-order valence-electron chi connectivity index (χ1n) is 7.60. The quantitative estimate of drug-likeness (QED) is 0.897. The lowest BCUT2D eigenvalue weighted by Crippen LogP contribution is -2.58. The molecule has 3 nitrogen and oxygen atoms in total. The van der Waals surface area contributed by atoms with Gasteiger partial charge in [-0.05, 0) is 45.7 Å². The second-order valence-electron chi connectivity index (χ2n) is 7.49. The van der Waals surface area contributed by atoms with E-state index in [4.69, 9.17) is 4.74 Å². The summed E-state index contributed by atoms with van der Waals surface area (Å²) >= 11 is 0. The predicted molar refractivity (Wildman–Crippen MR) is 83.2 cm³/mol. The molecule has 1 saturated heterocycles. The summed E-state index contributed by atoms with van der Waals surface area (Å²) in [7, 11) is 0. The topological polar surface area (TPSA) is 24.5 Å². The molecule has 0 saturated carbocycles. The fraction of sp³-hybridized carbons (Fsp3) is 0.647. The third kappa shape index (κ3) is 2.99. The van der Waals surface area contributed by atoms with Crippen LogP contribution in [0.15, 0.2) is 24.3 Å². The largest absolute Gasteiger partial charge is 0.380 e. The molecule has 1 aromatic rings. The Morgan fingerprint density at radius 2 is 1.80 bits per heavy atom. The van der Waals surface area contributed by atoms with Gasteiger partial charge in [-0.2, -0.15) is 0 Å². The highest BCUT2D eigenvalue weighted by Gasteiger charge is 2.39. The molecule has 0 aromatic heterocycles. The lowest BCUT2D eigenvalue weighted by Gasteiger charge is -2.47. The zero-order valence-corrected chi connectivity index (χ0v) is 13.1. The monoisotopic (exact) mass is 274 g/mol. The highest BCUT2D eigenvalue weighted by atomic mass is 16.5. The highest BCUT2D eigenvalue weighted by Crippen LogP contribution is 2.30. The van der Waals surface area contributed by atoms with Crippen molar-refractivity contribution in [3.63, 3.8) is 0 Å². The Balaban J connectivity index is 1.65. The molecular formula is C17H26N2O. The number of nitrogens with one attached hydrogen (secondary N) is 1. The van der Waals surface area contributed by atoms with Gasteiger partial charge in [0, 0.05) is 31.4 Å². The van der Waals surface area contributed by atoms with Gasteiger partial charge in [0.2, 0.25) is 0 Å². The first kappa shape index (κ1) is 13.9. The van der Waals surface area contributed by atoms with Crippen molar-refractivity contribution in [2.45, 2.75) is 51.4 Å². The Morgan fingerprint density at radius 3 is 2.45 bits per heavy atom. The zero-order valence-electron chi connectivity index (χ0n) is 13.1. The number of nitrogens with zero attached hydrogens (tertiary/aromatic N) is 1. The van der Waals surface area contributed by atoms with Gasteiger partial charge < -0.3 is 10.1 Å². The molecule has 2 aliphatic heterocycles.